The molecule has 5 nitrogen and oxygen atoms in total. The maximum Gasteiger partial charge on any atom is 0.305 e. The van der Waals surface area contributed by atoms with Gasteiger partial charge in [-0.25, -0.2) is 4.98 Å². The van der Waals surface area contributed by atoms with Gasteiger partial charge in [-0.05, 0) is 48.4 Å². The van der Waals surface area contributed by atoms with Crippen molar-refractivity contribution in [1.82, 2.24) is 4.98 Å². The van der Waals surface area contributed by atoms with Crippen molar-refractivity contribution in [3.05, 3.63) is 48.4 Å². The van der Waals surface area contributed by atoms with Gasteiger partial charge in [0.1, 0.15) is 12.0 Å². The molecule has 5 heteroatoms. The number of fused-ring (bicyclic) bond motifs is 1. The number of oxazole rings is 1. The van der Waals surface area contributed by atoms with Crippen LogP contribution < -0.4 is 4.74 Å². The van der Waals surface area contributed by atoms with Crippen molar-refractivity contribution >= 4 is 16.7 Å². The number of carbonyl (C=O) groups excluding carboxylic acids is 1. The number of hydrogen-bond donors (Lipinski definition) is 0. The molecule has 3 rings (SSSR count). The number of nitrogens with zero attached hydrogens (tertiary/aromatic N) is 1. The van der Waals surface area contributed by atoms with E-state index < -0.39 is 0 Å². The molecule has 0 aliphatic heterocycles. The van der Waals surface area contributed by atoms with E-state index in [1.54, 1.807) is 13.2 Å². The van der Waals surface area contributed by atoms with Gasteiger partial charge < -0.3 is 13.9 Å². The zero-order valence-electron chi connectivity index (χ0n) is 17.0. The first-order chi connectivity index (χ1) is 13.4. The summed E-state index contributed by atoms with van der Waals surface area (Å²) >= 11 is 0. The van der Waals surface area contributed by atoms with Gasteiger partial charge in [0.15, 0.2) is 0 Å². The van der Waals surface area contributed by atoms with Crippen molar-refractivity contribution in [2.24, 2.45) is 0 Å². The molecule has 0 atom stereocenters. The summed E-state index contributed by atoms with van der Waals surface area (Å²) in [6, 6.07) is 12.1. The third-order valence-electron chi connectivity index (χ3n) is 4.43. The van der Waals surface area contributed by atoms with E-state index in [1.165, 1.54) is 0 Å². The Morgan fingerprint density at radius 1 is 1.11 bits per heavy atom. The lowest BCUT2D eigenvalue weighted by Gasteiger charge is -2.13. The molecule has 0 bridgehead atoms. The van der Waals surface area contributed by atoms with Gasteiger partial charge in [0, 0.05) is 17.4 Å². The lowest BCUT2D eigenvalue weighted by Crippen LogP contribution is -2.11. The van der Waals surface area contributed by atoms with Crippen molar-refractivity contribution < 1.29 is 18.7 Å². The second-order valence-electron chi connectivity index (χ2n) is 7.77. The molecule has 0 N–H and O–H groups in total. The van der Waals surface area contributed by atoms with Gasteiger partial charge in [-0.3, -0.25) is 4.79 Å². The van der Waals surface area contributed by atoms with Gasteiger partial charge in [-0.1, -0.05) is 32.9 Å². The largest absolute Gasteiger partial charge is 0.494 e. The van der Waals surface area contributed by atoms with Gasteiger partial charge in [0.05, 0.1) is 18.9 Å². The lowest BCUT2D eigenvalue weighted by atomic mass is 9.93. The quantitative estimate of drug-likeness (QED) is 0.399. The Hall–Kier alpha value is -2.82. The minimum absolute atomic E-state index is 0.0435. The zero-order chi connectivity index (χ0) is 20.1. The minimum atomic E-state index is -0.182. The van der Waals surface area contributed by atoms with Crippen molar-refractivity contribution in [3.8, 4) is 17.2 Å². The van der Waals surface area contributed by atoms with E-state index in [4.69, 9.17) is 13.9 Å². The first-order valence-electron chi connectivity index (χ1n) is 9.65. The van der Waals surface area contributed by atoms with Crippen molar-refractivity contribution in [2.45, 2.75) is 46.0 Å². The topological polar surface area (TPSA) is 61.6 Å². The summed E-state index contributed by atoms with van der Waals surface area (Å²) in [5.41, 5.74) is 1.85. The predicted octanol–water partition coefficient (Wildman–Crippen LogP) is 5.51. The Morgan fingerprint density at radius 3 is 2.57 bits per heavy atom. The summed E-state index contributed by atoms with van der Waals surface area (Å²) in [5, 5.41) is 2.17. The third-order valence-corrected chi connectivity index (χ3v) is 4.43. The Kier molecular flexibility index (Phi) is 6.02. The number of aromatic nitrogens is 1. The molecule has 0 aliphatic rings. The summed E-state index contributed by atoms with van der Waals surface area (Å²) in [4.78, 5) is 16.0. The second-order valence-corrected chi connectivity index (χ2v) is 7.77. The van der Waals surface area contributed by atoms with E-state index in [-0.39, 0.29) is 11.4 Å². The molecule has 0 unspecified atom stereocenters. The van der Waals surface area contributed by atoms with Crippen molar-refractivity contribution in [2.75, 3.05) is 13.2 Å². The van der Waals surface area contributed by atoms with Crippen LogP contribution in [0.15, 0.2) is 47.1 Å². The molecule has 2 aromatic carbocycles. The molecule has 3 aromatic rings. The highest BCUT2D eigenvalue weighted by Crippen LogP contribution is 2.29. The van der Waals surface area contributed by atoms with Crippen LogP contribution in [0.2, 0.25) is 0 Å². The first-order valence-corrected chi connectivity index (χ1v) is 9.65. The van der Waals surface area contributed by atoms with Crippen molar-refractivity contribution in [3.63, 3.8) is 0 Å². The van der Waals surface area contributed by atoms with Crippen LogP contribution in [0.4, 0.5) is 0 Å². The minimum Gasteiger partial charge on any atom is -0.494 e. The number of hydrogen-bond acceptors (Lipinski definition) is 5. The molecule has 1 aromatic heterocycles. The fraction of sp³-hybridized carbons (Fsp3) is 0.391. The van der Waals surface area contributed by atoms with Crippen LogP contribution in [0.3, 0.4) is 0 Å². The number of rotatable bonds is 7. The fourth-order valence-electron chi connectivity index (χ4n) is 2.84. The summed E-state index contributed by atoms with van der Waals surface area (Å²) in [6.45, 7) is 9.04. The highest BCUT2D eigenvalue weighted by molar-refractivity contribution is 5.87. The molecular weight excluding hydrogens is 354 g/mol. The Labute approximate surface area is 165 Å². The molecule has 0 spiro atoms. The monoisotopic (exact) mass is 381 g/mol. The molecule has 0 fully saturated rings. The van der Waals surface area contributed by atoms with Gasteiger partial charge in [-0.15, -0.1) is 0 Å². The van der Waals surface area contributed by atoms with E-state index >= 15 is 0 Å². The maximum absolute atomic E-state index is 11.3. The standard InChI is InChI=1S/C23H27NO4/c1-5-26-21(25)7-6-12-27-19-11-10-16-13-18(9-8-17(16)14-19)22-24-20(15-28-22)23(2,3)4/h8-11,13-15H,5-7,12H2,1-4H3. The third kappa shape index (κ3) is 4.91. The van der Waals surface area contributed by atoms with Crippen molar-refractivity contribution in [1.29, 1.82) is 0 Å². The maximum atomic E-state index is 11.3. The Bertz CT molecular complexity index is 953. The van der Waals surface area contributed by atoms with Crippen LogP contribution >= 0.6 is 0 Å². The lowest BCUT2D eigenvalue weighted by molar-refractivity contribution is -0.143. The molecule has 148 valence electrons. The van der Waals surface area contributed by atoms with Gasteiger partial charge >= 0.3 is 5.97 Å². The number of benzene rings is 2. The Balaban J connectivity index is 1.67. The summed E-state index contributed by atoms with van der Waals surface area (Å²) in [6.07, 6.45) is 2.74. The van der Waals surface area contributed by atoms with Gasteiger partial charge in [-0.2, -0.15) is 0 Å². The molecule has 0 aliphatic carbocycles. The Morgan fingerprint density at radius 2 is 1.86 bits per heavy atom. The van der Waals surface area contributed by atoms with E-state index in [9.17, 15) is 4.79 Å². The van der Waals surface area contributed by atoms with Crippen LogP contribution in [-0.2, 0) is 14.9 Å². The summed E-state index contributed by atoms with van der Waals surface area (Å²) in [5.74, 6) is 1.24. The molecule has 0 saturated heterocycles. The number of esters is 1. The predicted molar refractivity (Wildman–Crippen MR) is 110 cm³/mol. The van der Waals surface area contributed by atoms with Gasteiger partial charge in [0.25, 0.3) is 0 Å². The molecule has 0 amide bonds. The summed E-state index contributed by atoms with van der Waals surface area (Å²) in [7, 11) is 0. The van der Waals surface area contributed by atoms with Crippen LogP contribution in [0.5, 0.6) is 5.75 Å². The molecule has 0 radical (unpaired) electrons. The first kappa shape index (κ1) is 19.9. The highest BCUT2D eigenvalue weighted by atomic mass is 16.5. The van der Waals surface area contributed by atoms with Crippen LogP contribution in [-0.4, -0.2) is 24.2 Å². The molecular formula is C23H27NO4. The van der Waals surface area contributed by atoms with Crippen LogP contribution in [0, 0.1) is 0 Å². The van der Waals surface area contributed by atoms with E-state index in [2.05, 4.69) is 31.8 Å². The average Bonchev–Trinajstić information content (AvgIpc) is 3.16. The van der Waals surface area contributed by atoms with E-state index in [0.29, 0.717) is 31.9 Å². The fourth-order valence-corrected chi connectivity index (χ4v) is 2.84. The molecule has 28 heavy (non-hydrogen) atoms. The summed E-state index contributed by atoms with van der Waals surface area (Å²) < 4.78 is 16.4. The average molecular weight is 381 g/mol. The van der Waals surface area contributed by atoms with E-state index in [1.807, 2.05) is 30.3 Å². The van der Waals surface area contributed by atoms with Crippen LogP contribution in [0.25, 0.3) is 22.2 Å². The smallest absolute Gasteiger partial charge is 0.305 e. The second kappa shape index (κ2) is 8.46. The number of carbonyl (C=O) groups is 1. The SMILES string of the molecule is CCOC(=O)CCCOc1ccc2cc(-c3nc(C(C)(C)C)co3)ccc2c1. The van der Waals surface area contributed by atoms with Crippen LogP contribution in [0.1, 0.15) is 46.2 Å². The molecule has 0 saturated carbocycles. The van der Waals surface area contributed by atoms with Gasteiger partial charge in [0.2, 0.25) is 5.89 Å². The highest BCUT2D eigenvalue weighted by Gasteiger charge is 2.19. The number of ether oxygens (including phenoxy) is 2. The van der Waals surface area contributed by atoms with E-state index in [0.717, 1.165) is 27.8 Å². The normalized spacial score (nSPS) is 11.6. The zero-order valence-corrected chi connectivity index (χ0v) is 17.0. The molecule has 1 heterocycles.